The maximum absolute atomic E-state index is 12.1. The molecule has 0 aromatic heterocycles. The normalized spacial score (nSPS) is 10.1. The van der Waals surface area contributed by atoms with Crippen molar-refractivity contribution < 1.29 is 9.53 Å². The van der Waals surface area contributed by atoms with Crippen LogP contribution in [0.5, 0.6) is 5.75 Å². The lowest BCUT2D eigenvalue weighted by Gasteiger charge is -2.09. The second-order valence-electron chi connectivity index (χ2n) is 4.15. The lowest BCUT2D eigenvalue weighted by Crippen LogP contribution is -2.11. The first-order valence-electron chi connectivity index (χ1n) is 5.81. The number of rotatable bonds is 3. The highest BCUT2D eigenvalue weighted by Gasteiger charge is 2.07. The molecule has 1 N–H and O–H groups in total. The largest absolute Gasteiger partial charge is 0.496 e. The summed E-state index contributed by atoms with van der Waals surface area (Å²) in [7, 11) is 1.63. The first-order valence-corrected chi connectivity index (χ1v) is 6.61. The van der Waals surface area contributed by atoms with E-state index >= 15 is 0 Å². The molecular weight excluding hydrogens is 306 g/mol. The molecule has 0 atom stereocenters. The van der Waals surface area contributed by atoms with Crippen LogP contribution >= 0.6 is 15.9 Å². The van der Waals surface area contributed by atoms with Crippen molar-refractivity contribution >= 4 is 27.5 Å². The van der Waals surface area contributed by atoms with Gasteiger partial charge in [-0.3, -0.25) is 4.79 Å². The van der Waals surface area contributed by atoms with Crippen LogP contribution in [0.25, 0.3) is 0 Å². The van der Waals surface area contributed by atoms with Gasteiger partial charge in [-0.2, -0.15) is 0 Å². The summed E-state index contributed by atoms with van der Waals surface area (Å²) in [6, 6.07) is 12.8. The Hall–Kier alpha value is -1.81. The first kappa shape index (κ1) is 13.6. The van der Waals surface area contributed by atoms with Gasteiger partial charge in [0, 0.05) is 15.7 Å². The van der Waals surface area contributed by atoms with E-state index < -0.39 is 0 Å². The minimum absolute atomic E-state index is 0.133. The molecule has 0 fully saturated rings. The molecule has 0 saturated heterocycles. The van der Waals surface area contributed by atoms with Crippen LogP contribution in [-0.4, -0.2) is 13.0 Å². The number of ether oxygens (including phenoxy) is 1. The highest BCUT2D eigenvalue weighted by atomic mass is 79.9. The molecule has 3 nitrogen and oxygen atoms in total. The average Bonchev–Trinajstić information content (AvgIpc) is 2.39. The predicted molar refractivity (Wildman–Crippen MR) is 79.8 cm³/mol. The van der Waals surface area contributed by atoms with Gasteiger partial charge in [-0.25, -0.2) is 0 Å². The third kappa shape index (κ3) is 3.35. The van der Waals surface area contributed by atoms with E-state index in [0.29, 0.717) is 5.56 Å². The molecule has 0 heterocycles. The third-order valence-electron chi connectivity index (χ3n) is 2.74. The van der Waals surface area contributed by atoms with Gasteiger partial charge in [0.1, 0.15) is 5.75 Å². The Balaban J connectivity index is 2.17. The molecular formula is C15H14BrNO2. The topological polar surface area (TPSA) is 38.3 Å². The van der Waals surface area contributed by atoms with E-state index in [-0.39, 0.29) is 5.91 Å². The monoisotopic (exact) mass is 319 g/mol. The molecule has 98 valence electrons. The molecule has 0 aliphatic carbocycles. The molecule has 0 aliphatic rings. The number of carbonyl (C=O) groups excluding carboxylic acids is 1. The molecule has 2 rings (SSSR count). The fourth-order valence-corrected chi connectivity index (χ4v) is 2.19. The maximum atomic E-state index is 12.1. The lowest BCUT2D eigenvalue weighted by molar-refractivity contribution is 0.102. The number of methoxy groups -OCH3 is 1. The van der Waals surface area contributed by atoms with Crippen molar-refractivity contribution in [2.45, 2.75) is 6.92 Å². The number of nitrogens with one attached hydrogen (secondary N) is 1. The number of halogens is 1. The van der Waals surface area contributed by atoms with E-state index in [1.807, 2.05) is 37.3 Å². The van der Waals surface area contributed by atoms with Crippen LogP contribution < -0.4 is 10.1 Å². The highest BCUT2D eigenvalue weighted by molar-refractivity contribution is 9.10. The number of aryl methyl sites for hydroxylation is 1. The SMILES string of the molecule is COc1ccc(NC(=O)c2cccc(Br)c2)cc1C. The van der Waals surface area contributed by atoms with Gasteiger partial charge in [0.05, 0.1) is 7.11 Å². The summed E-state index contributed by atoms with van der Waals surface area (Å²) < 4.78 is 6.07. The summed E-state index contributed by atoms with van der Waals surface area (Å²) in [5.74, 6) is 0.673. The molecule has 0 bridgehead atoms. The Bertz CT molecular complexity index is 611. The quantitative estimate of drug-likeness (QED) is 0.928. The minimum atomic E-state index is -0.133. The molecule has 1 amide bonds. The molecule has 4 heteroatoms. The van der Waals surface area contributed by atoms with E-state index in [0.717, 1.165) is 21.5 Å². The maximum Gasteiger partial charge on any atom is 0.255 e. The van der Waals surface area contributed by atoms with Crippen molar-refractivity contribution in [3.8, 4) is 5.75 Å². The molecule has 19 heavy (non-hydrogen) atoms. The zero-order valence-corrected chi connectivity index (χ0v) is 12.3. The molecule has 0 aliphatic heterocycles. The third-order valence-corrected chi connectivity index (χ3v) is 3.23. The average molecular weight is 320 g/mol. The van der Waals surface area contributed by atoms with Gasteiger partial charge >= 0.3 is 0 Å². The Morgan fingerprint density at radius 3 is 2.63 bits per heavy atom. The van der Waals surface area contributed by atoms with Gasteiger partial charge in [0.25, 0.3) is 5.91 Å². The Morgan fingerprint density at radius 2 is 2.00 bits per heavy atom. The van der Waals surface area contributed by atoms with E-state index in [9.17, 15) is 4.79 Å². The van der Waals surface area contributed by atoms with Crippen molar-refractivity contribution in [1.29, 1.82) is 0 Å². The number of amides is 1. The van der Waals surface area contributed by atoms with Crippen LogP contribution in [0.1, 0.15) is 15.9 Å². The minimum Gasteiger partial charge on any atom is -0.496 e. The van der Waals surface area contributed by atoms with Gasteiger partial charge in [0.15, 0.2) is 0 Å². The van der Waals surface area contributed by atoms with Gasteiger partial charge < -0.3 is 10.1 Å². The zero-order chi connectivity index (χ0) is 13.8. The van der Waals surface area contributed by atoms with Crippen LogP contribution in [0.15, 0.2) is 46.9 Å². The van der Waals surface area contributed by atoms with Gasteiger partial charge in [0.2, 0.25) is 0 Å². The molecule has 0 saturated carbocycles. The Labute approximate surface area is 120 Å². The summed E-state index contributed by atoms with van der Waals surface area (Å²) in [5, 5.41) is 2.86. The summed E-state index contributed by atoms with van der Waals surface area (Å²) >= 11 is 3.35. The summed E-state index contributed by atoms with van der Waals surface area (Å²) in [6.07, 6.45) is 0. The molecule has 0 unspecified atom stereocenters. The van der Waals surface area contributed by atoms with Crippen molar-refractivity contribution in [2.75, 3.05) is 12.4 Å². The van der Waals surface area contributed by atoms with Crippen LogP contribution in [0, 0.1) is 6.92 Å². The lowest BCUT2D eigenvalue weighted by atomic mass is 10.1. The van der Waals surface area contributed by atoms with Gasteiger partial charge in [-0.05, 0) is 48.9 Å². The van der Waals surface area contributed by atoms with E-state index in [1.54, 1.807) is 19.2 Å². The summed E-state index contributed by atoms with van der Waals surface area (Å²) in [5.41, 5.74) is 2.35. The molecule has 2 aromatic rings. The van der Waals surface area contributed by atoms with E-state index in [1.165, 1.54) is 0 Å². The van der Waals surface area contributed by atoms with Crippen LogP contribution in [0.3, 0.4) is 0 Å². The first-order chi connectivity index (χ1) is 9.10. The fourth-order valence-electron chi connectivity index (χ4n) is 1.79. The number of carbonyl (C=O) groups is 1. The zero-order valence-electron chi connectivity index (χ0n) is 10.7. The highest BCUT2D eigenvalue weighted by Crippen LogP contribution is 2.22. The van der Waals surface area contributed by atoms with E-state index in [2.05, 4.69) is 21.2 Å². The van der Waals surface area contributed by atoms with Crippen LogP contribution in [0.4, 0.5) is 5.69 Å². The van der Waals surface area contributed by atoms with Crippen molar-refractivity contribution in [3.05, 3.63) is 58.1 Å². The molecule has 0 spiro atoms. The van der Waals surface area contributed by atoms with Crippen molar-refractivity contribution in [1.82, 2.24) is 0 Å². The predicted octanol–water partition coefficient (Wildman–Crippen LogP) is 4.02. The van der Waals surface area contributed by atoms with Crippen molar-refractivity contribution in [3.63, 3.8) is 0 Å². The second kappa shape index (κ2) is 5.89. The Kier molecular flexibility index (Phi) is 4.22. The number of benzene rings is 2. The number of hydrogen-bond donors (Lipinski definition) is 1. The smallest absolute Gasteiger partial charge is 0.255 e. The summed E-state index contributed by atoms with van der Waals surface area (Å²) in [4.78, 5) is 12.1. The Morgan fingerprint density at radius 1 is 1.21 bits per heavy atom. The van der Waals surface area contributed by atoms with Crippen molar-refractivity contribution in [2.24, 2.45) is 0 Å². The fraction of sp³-hybridized carbons (Fsp3) is 0.133. The molecule has 2 aromatic carbocycles. The van der Waals surface area contributed by atoms with Gasteiger partial charge in [-0.1, -0.05) is 22.0 Å². The van der Waals surface area contributed by atoms with Crippen LogP contribution in [-0.2, 0) is 0 Å². The standard InChI is InChI=1S/C15H14BrNO2/c1-10-8-13(6-7-14(10)19-2)17-15(18)11-4-3-5-12(16)9-11/h3-9H,1-2H3,(H,17,18). The second-order valence-corrected chi connectivity index (χ2v) is 5.06. The van der Waals surface area contributed by atoms with Crippen LogP contribution in [0.2, 0.25) is 0 Å². The number of anilines is 1. The van der Waals surface area contributed by atoms with Gasteiger partial charge in [-0.15, -0.1) is 0 Å². The number of hydrogen-bond acceptors (Lipinski definition) is 2. The van der Waals surface area contributed by atoms with E-state index in [4.69, 9.17) is 4.74 Å². The molecule has 0 radical (unpaired) electrons. The summed E-state index contributed by atoms with van der Waals surface area (Å²) in [6.45, 7) is 1.94.